The summed E-state index contributed by atoms with van der Waals surface area (Å²) in [5, 5.41) is 1.84. The normalized spacial score (nSPS) is 11.0. The number of hydrogen-bond acceptors (Lipinski definition) is 4. The molecule has 0 saturated carbocycles. The molecule has 0 spiro atoms. The summed E-state index contributed by atoms with van der Waals surface area (Å²) >= 11 is 1.36. The maximum absolute atomic E-state index is 12.7. The molecule has 0 aliphatic carbocycles. The number of amides is 1. The van der Waals surface area contributed by atoms with Crippen molar-refractivity contribution in [1.82, 2.24) is 14.5 Å². The first-order valence-electron chi connectivity index (χ1n) is 8.34. The first-order valence-corrected chi connectivity index (χ1v) is 9.22. The van der Waals surface area contributed by atoms with Gasteiger partial charge in [-0.05, 0) is 30.4 Å². The fraction of sp³-hybridized carbons (Fsp3) is 0.316. The number of hydrogen-bond donors (Lipinski definition) is 0. The van der Waals surface area contributed by atoms with Crippen molar-refractivity contribution in [1.29, 1.82) is 0 Å². The number of aryl methyl sites for hydroxylation is 1. The number of thiophene rings is 1. The van der Waals surface area contributed by atoms with Crippen LogP contribution in [0.25, 0.3) is 10.2 Å². The number of nitrogens with zero attached hydrogens (tertiary/aromatic N) is 3. The van der Waals surface area contributed by atoms with Gasteiger partial charge in [0.25, 0.3) is 5.56 Å². The minimum absolute atomic E-state index is 0.0194. The van der Waals surface area contributed by atoms with Gasteiger partial charge in [0.15, 0.2) is 0 Å². The quantitative estimate of drug-likeness (QED) is 0.682. The van der Waals surface area contributed by atoms with Crippen LogP contribution in [-0.4, -0.2) is 26.9 Å². The van der Waals surface area contributed by atoms with Gasteiger partial charge in [-0.1, -0.05) is 36.8 Å². The Morgan fingerprint density at radius 1 is 1.24 bits per heavy atom. The molecule has 1 aromatic carbocycles. The molecule has 25 heavy (non-hydrogen) atoms. The smallest absolute Gasteiger partial charge is 0.271 e. The van der Waals surface area contributed by atoms with E-state index in [1.54, 1.807) is 4.90 Å². The maximum Gasteiger partial charge on any atom is 0.271 e. The highest BCUT2D eigenvalue weighted by Crippen LogP contribution is 2.13. The first kappa shape index (κ1) is 17.4. The molecule has 2 aromatic heterocycles. The number of carbonyl (C=O) groups excluding carboxylic acids is 1. The van der Waals surface area contributed by atoms with Crippen LogP contribution in [0.5, 0.6) is 0 Å². The van der Waals surface area contributed by atoms with Gasteiger partial charge in [0, 0.05) is 13.1 Å². The zero-order chi connectivity index (χ0) is 17.8. The summed E-state index contributed by atoms with van der Waals surface area (Å²) in [7, 11) is 0. The molecule has 0 aliphatic heterocycles. The fourth-order valence-electron chi connectivity index (χ4n) is 2.71. The maximum atomic E-state index is 12.7. The molecule has 0 bridgehead atoms. The van der Waals surface area contributed by atoms with E-state index in [-0.39, 0.29) is 18.0 Å². The summed E-state index contributed by atoms with van der Waals surface area (Å²) in [5.41, 5.74) is 2.81. The van der Waals surface area contributed by atoms with E-state index in [1.165, 1.54) is 27.8 Å². The van der Waals surface area contributed by atoms with Gasteiger partial charge in [-0.25, -0.2) is 4.98 Å². The topological polar surface area (TPSA) is 55.2 Å². The monoisotopic (exact) mass is 355 g/mol. The lowest BCUT2D eigenvalue weighted by Crippen LogP contribution is -2.36. The van der Waals surface area contributed by atoms with Crippen molar-refractivity contribution >= 4 is 27.5 Å². The third-order valence-corrected chi connectivity index (χ3v) is 4.97. The van der Waals surface area contributed by atoms with Crippen molar-refractivity contribution in [3.05, 3.63) is 63.5 Å². The second kappa shape index (κ2) is 7.61. The SMILES string of the molecule is CCCN(Cc1ccc(C)cc1)C(=O)Cn1cnc2ccsc2c1=O. The molecule has 0 saturated heterocycles. The van der Waals surface area contributed by atoms with Crippen LogP contribution in [-0.2, 0) is 17.9 Å². The summed E-state index contributed by atoms with van der Waals surface area (Å²) in [6.45, 7) is 5.32. The lowest BCUT2D eigenvalue weighted by atomic mass is 10.1. The molecule has 0 unspecified atom stereocenters. The number of carbonyl (C=O) groups is 1. The van der Waals surface area contributed by atoms with Gasteiger partial charge in [0.2, 0.25) is 5.91 Å². The Morgan fingerprint density at radius 2 is 2.00 bits per heavy atom. The molecule has 130 valence electrons. The van der Waals surface area contributed by atoms with Crippen molar-refractivity contribution in [2.45, 2.75) is 33.4 Å². The standard InChI is InChI=1S/C19H21N3O2S/c1-3-9-21(11-15-6-4-14(2)5-7-15)17(23)12-22-13-20-16-8-10-25-18(16)19(22)24/h4-8,10,13H,3,9,11-12H2,1-2H3. The largest absolute Gasteiger partial charge is 0.337 e. The van der Waals surface area contributed by atoms with E-state index in [0.29, 0.717) is 23.3 Å². The summed E-state index contributed by atoms with van der Waals surface area (Å²) in [4.78, 5) is 31.3. The molecule has 0 aliphatic rings. The van der Waals surface area contributed by atoms with Crippen LogP contribution >= 0.6 is 11.3 Å². The van der Waals surface area contributed by atoms with Crippen molar-refractivity contribution in [2.75, 3.05) is 6.54 Å². The first-order chi connectivity index (χ1) is 12.1. The second-order valence-corrected chi connectivity index (χ2v) is 7.03. The second-order valence-electron chi connectivity index (χ2n) is 6.11. The van der Waals surface area contributed by atoms with E-state index in [9.17, 15) is 9.59 Å². The van der Waals surface area contributed by atoms with Crippen LogP contribution in [0, 0.1) is 6.92 Å². The predicted molar refractivity (Wildman–Crippen MR) is 101 cm³/mol. The minimum atomic E-state index is -0.153. The van der Waals surface area contributed by atoms with Crippen LogP contribution in [0.2, 0.25) is 0 Å². The highest BCUT2D eigenvalue weighted by Gasteiger charge is 2.15. The molecule has 3 aromatic rings. The van der Waals surface area contributed by atoms with Gasteiger partial charge in [-0.15, -0.1) is 11.3 Å². The van der Waals surface area contributed by atoms with E-state index in [1.807, 2.05) is 49.6 Å². The lowest BCUT2D eigenvalue weighted by Gasteiger charge is -2.22. The van der Waals surface area contributed by atoms with E-state index < -0.39 is 0 Å². The highest BCUT2D eigenvalue weighted by atomic mass is 32.1. The molecule has 0 N–H and O–H groups in total. The summed E-state index contributed by atoms with van der Waals surface area (Å²) in [5.74, 6) is -0.0674. The Hall–Kier alpha value is -2.47. The fourth-order valence-corrected chi connectivity index (χ4v) is 3.51. The Balaban J connectivity index is 1.78. The van der Waals surface area contributed by atoms with Gasteiger partial charge in [0.1, 0.15) is 11.2 Å². The van der Waals surface area contributed by atoms with Gasteiger partial charge in [-0.3, -0.25) is 14.2 Å². The van der Waals surface area contributed by atoms with Gasteiger partial charge < -0.3 is 4.90 Å². The van der Waals surface area contributed by atoms with Crippen LogP contribution in [0.3, 0.4) is 0 Å². The molecule has 0 atom stereocenters. The Morgan fingerprint density at radius 3 is 2.72 bits per heavy atom. The molecule has 5 nitrogen and oxygen atoms in total. The lowest BCUT2D eigenvalue weighted by molar-refractivity contribution is -0.132. The predicted octanol–water partition coefficient (Wildman–Crippen LogP) is 3.21. The van der Waals surface area contributed by atoms with Crippen molar-refractivity contribution in [2.24, 2.45) is 0 Å². The van der Waals surface area contributed by atoms with Crippen LogP contribution < -0.4 is 5.56 Å². The number of rotatable bonds is 6. The number of fused-ring (bicyclic) bond motifs is 1. The van der Waals surface area contributed by atoms with Crippen LogP contribution in [0.1, 0.15) is 24.5 Å². The number of aromatic nitrogens is 2. The molecule has 3 rings (SSSR count). The van der Waals surface area contributed by atoms with Crippen molar-refractivity contribution in [3.63, 3.8) is 0 Å². The summed E-state index contributed by atoms with van der Waals surface area (Å²) < 4.78 is 2.00. The third-order valence-electron chi connectivity index (χ3n) is 4.08. The van der Waals surface area contributed by atoms with E-state index in [4.69, 9.17) is 0 Å². The third kappa shape index (κ3) is 3.96. The molecule has 0 fully saturated rings. The average molecular weight is 355 g/mol. The Bertz CT molecular complexity index is 928. The Labute approximate surface area is 150 Å². The summed E-state index contributed by atoms with van der Waals surface area (Å²) in [6.07, 6.45) is 2.33. The molecular weight excluding hydrogens is 334 g/mol. The van der Waals surface area contributed by atoms with E-state index >= 15 is 0 Å². The molecule has 6 heteroatoms. The minimum Gasteiger partial charge on any atom is -0.337 e. The molecule has 1 amide bonds. The van der Waals surface area contributed by atoms with E-state index in [2.05, 4.69) is 4.98 Å². The van der Waals surface area contributed by atoms with Gasteiger partial charge in [-0.2, -0.15) is 0 Å². The van der Waals surface area contributed by atoms with Crippen LogP contribution in [0.15, 0.2) is 46.8 Å². The molecule has 2 heterocycles. The zero-order valence-electron chi connectivity index (χ0n) is 14.4. The van der Waals surface area contributed by atoms with E-state index in [0.717, 1.165) is 12.0 Å². The van der Waals surface area contributed by atoms with Crippen LogP contribution in [0.4, 0.5) is 0 Å². The Kier molecular flexibility index (Phi) is 5.28. The van der Waals surface area contributed by atoms with Crippen molar-refractivity contribution < 1.29 is 4.79 Å². The van der Waals surface area contributed by atoms with Crippen molar-refractivity contribution in [3.8, 4) is 0 Å². The summed E-state index contributed by atoms with van der Waals surface area (Å²) in [6, 6.07) is 9.98. The van der Waals surface area contributed by atoms with Gasteiger partial charge >= 0.3 is 0 Å². The van der Waals surface area contributed by atoms with Gasteiger partial charge in [0.05, 0.1) is 11.8 Å². The highest BCUT2D eigenvalue weighted by molar-refractivity contribution is 7.17. The molecule has 0 radical (unpaired) electrons. The zero-order valence-corrected chi connectivity index (χ0v) is 15.3. The molecular formula is C19H21N3O2S. The average Bonchev–Trinajstić information content (AvgIpc) is 3.08. The number of benzene rings is 1.